The molecule has 0 radical (unpaired) electrons. The van der Waals surface area contributed by atoms with Crippen LogP contribution in [0.3, 0.4) is 0 Å². The van der Waals surface area contributed by atoms with E-state index >= 15 is 0 Å². The first-order chi connectivity index (χ1) is 8.14. The number of unbranched alkanes of at least 4 members (excludes halogenated alkanes) is 2. The minimum Gasteiger partial charge on any atom is -0.228 e. The lowest BCUT2D eigenvalue weighted by Gasteiger charge is -2.25. The summed E-state index contributed by atoms with van der Waals surface area (Å²) in [5, 5.41) is 0. The van der Waals surface area contributed by atoms with Gasteiger partial charge in [0, 0.05) is 6.42 Å². The van der Waals surface area contributed by atoms with Crippen molar-refractivity contribution in [2.45, 2.75) is 91.6 Å². The summed E-state index contributed by atoms with van der Waals surface area (Å²) in [6.45, 7) is 13.7. The van der Waals surface area contributed by atoms with Gasteiger partial charge in [0.05, 0.1) is 11.2 Å². The Kier molecular flexibility index (Phi) is 8.03. The minimum atomic E-state index is -0.477. The monoisotopic (exact) mass is 262 g/mol. The zero-order valence-corrected chi connectivity index (χ0v) is 13.0. The van der Waals surface area contributed by atoms with Crippen LogP contribution in [0.15, 0.2) is 0 Å². The molecule has 0 saturated heterocycles. The van der Waals surface area contributed by atoms with Crippen molar-refractivity contribution in [2.24, 2.45) is 0 Å². The van der Waals surface area contributed by atoms with Crippen LogP contribution < -0.4 is 0 Å². The first-order valence-corrected chi connectivity index (χ1v) is 6.83. The van der Waals surface area contributed by atoms with Crippen molar-refractivity contribution < 1.29 is 19.6 Å². The largest absolute Gasteiger partial charge is 0.228 e. The molecule has 0 spiro atoms. The molecule has 4 heteroatoms. The molecule has 110 valence electrons. The van der Waals surface area contributed by atoms with Crippen molar-refractivity contribution in [3.63, 3.8) is 0 Å². The van der Waals surface area contributed by atoms with Gasteiger partial charge in [-0.1, -0.05) is 19.8 Å². The second kappa shape index (κ2) is 8.10. The van der Waals surface area contributed by atoms with Crippen LogP contribution in [0.1, 0.15) is 74.1 Å². The van der Waals surface area contributed by atoms with Crippen LogP contribution in [0, 0.1) is 0 Å². The summed E-state index contributed by atoms with van der Waals surface area (Å²) < 4.78 is 0. The van der Waals surface area contributed by atoms with Gasteiger partial charge < -0.3 is 0 Å². The van der Waals surface area contributed by atoms with Gasteiger partial charge in [0.2, 0.25) is 6.29 Å². The van der Waals surface area contributed by atoms with Crippen molar-refractivity contribution in [1.29, 1.82) is 0 Å². The average molecular weight is 262 g/mol. The molecule has 0 rings (SSSR count). The lowest BCUT2D eigenvalue weighted by molar-refractivity contribution is -0.497. The Morgan fingerprint density at radius 3 is 1.56 bits per heavy atom. The van der Waals surface area contributed by atoms with Gasteiger partial charge in [-0.25, -0.2) is 19.6 Å². The highest BCUT2D eigenvalue weighted by Gasteiger charge is 2.21. The highest BCUT2D eigenvalue weighted by molar-refractivity contribution is 4.56. The van der Waals surface area contributed by atoms with E-state index in [2.05, 4.69) is 6.92 Å². The first kappa shape index (κ1) is 17.8. The van der Waals surface area contributed by atoms with Gasteiger partial charge in [-0.2, -0.15) is 0 Å². The van der Waals surface area contributed by atoms with Gasteiger partial charge >= 0.3 is 0 Å². The van der Waals surface area contributed by atoms with Gasteiger partial charge in [-0.15, -0.1) is 0 Å². The standard InChI is InChI=1S/C14H30O4/c1-8-9-10-11-12(15-17-13(2,3)4)16-18-14(5,6)7/h12H,8-11H2,1-7H3. The van der Waals surface area contributed by atoms with Crippen molar-refractivity contribution in [3.05, 3.63) is 0 Å². The fraction of sp³-hybridized carbons (Fsp3) is 1.00. The summed E-state index contributed by atoms with van der Waals surface area (Å²) in [5.41, 5.74) is -0.706. The molecule has 0 saturated carbocycles. The number of rotatable bonds is 8. The number of hydrogen-bond acceptors (Lipinski definition) is 4. The third-order valence-electron chi connectivity index (χ3n) is 1.85. The smallest absolute Gasteiger partial charge is 0.224 e. The molecule has 0 atom stereocenters. The second-order valence-corrected chi connectivity index (χ2v) is 6.51. The van der Waals surface area contributed by atoms with E-state index in [9.17, 15) is 0 Å². The lowest BCUT2D eigenvalue weighted by atomic mass is 10.2. The molecule has 0 aliphatic carbocycles. The molecular weight excluding hydrogens is 232 g/mol. The zero-order valence-electron chi connectivity index (χ0n) is 13.0. The van der Waals surface area contributed by atoms with Crippen LogP contribution >= 0.6 is 0 Å². The van der Waals surface area contributed by atoms with Crippen molar-refractivity contribution in [3.8, 4) is 0 Å². The molecule has 0 unspecified atom stereocenters. The molecule has 0 bridgehead atoms. The molecule has 0 N–H and O–H groups in total. The molecule has 18 heavy (non-hydrogen) atoms. The van der Waals surface area contributed by atoms with Gasteiger partial charge in [-0.05, 0) is 48.0 Å². The van der Waals surface area contributed by atoms with E-state index in [0.717, 1.165) is 25.7 Å². The molecule has 0 fully saturated rings. The summed E-state index contributed by atoms with van der Waals surface area (Å²) in [6.07, 6.45) is 3.62. The molecule has 0 aromatic rings. The molecule has 0 aliphatic heterocycles. The molecule has 0 aliphatic rings. The van der Waals surface area contributed by atoms with E-state index < -0.39 is 6.29 Å². The Morgan fingerprint density at radius 1 is 0.778 bits per heavy atom. The fourth-order valence-electron chi connectivity index (χ4n) is 1.07. The summed E-state index contributed by atoms with van der Waals surface area (Å²) in [6, 6.07) is 0. The Morgan fingerprint density at radius 2 is 1.22 bits per heavy atom. The summed E-state index contributed by atoms with van der Waals surface area (Å²) in [7, 11) is 0. The van der Waals surface area contributed by atoms with Gasteiger partial charge in [0.15, 0.2) is 0 Å². The van der Waals surface area contributed by atoms with Crippen LogP contribution in [0.4, 0.5) is 0 Å². The normalized spacial score (nSPS) is 13.3. The van der Waals surface area contributed by atoms with E-state index in [0.29, 0.717) is 0 Å². The van der Waals surface area contributed by atoms with Crippen LogP contribution in [0.2, 0.25) is 0 Å². The highest BCUT2D eigenvalue weighted by atomic mass is 17.3. The van der Waals surface area contributed by atoms with E-state index in [1.807, 2.05) is 41.5 Å². The van der Waals surface area contributed by atoms with Crippen LogP contribution in [-0.4, -0.2) is 17.5 Å². The Balaban J connectivity index is 4.07. The number of hydrogen-bond donors (Lipinski definition) is 0. The molecule has 0 aromatic carbocycles. The predicted octanol–water partition coefficient (Wildman–Crippen LogP) is 4.39. The van der Waals surface area contributed by atoms with Crippen LogP contribution in [0.25, 0.3) is 0 Å². The first-order valence-electron chi connectivity index (χ1n) is 6.83. The maximum absolute atomic E-state index is 5.30. The fourth-order valence-corrected chi connectivity index (χ4v) is 1.07. The van der Waals surface area contributed by atoms with E-state index in [4.69, 9.17) is 19.6 Å². The lowest BCUT2D eigenvalue weighted by Crippen LogP contribution is -2.29. The molecule has 0 heterocycles. The quantitative estimate of drug-likeness (QED) is 0.281. The molecule has 4 nitrogen and oxygen atoms in total. The maximum Gasteiger partial charge on any atom is 0.224 e. The zero-order chi connectivity index (χ0) is 14.2. The highest BCUT2D eigenvalue weighted by Crippen LogP contribution is 2.17. The predicted molar refractivity (Wildman–Crippen MR) is 71.8 cm³/mol. The Bertz CT molecular complexity index is 185. The van der Waals surface area contributed by atoms with Crippen molar-refractivity contribution in [2.75, 3.05) is 0 Å². The van der Waals surface area contributed by atoms with Crippen molar-refractivity contribution >= 4 is 0 Å². The molecule has 0 amide bonds. The van der Waals surface area contributed by atoms with Gasteiger partial charge in [0.1, 0.15) is 0 Å². The van der Waals surface area contributed by atoms with Crippen molar-refractivity contribution in [1.82, 2.24) is 0 Å². The summed E-state index contributed by atoms with van der Waals surface area (Å²) >= 11 is 0. The van der Waals surface area contributed by atoms with Crippen LogP contribution in [-0.2, 0) is 19.6 Å². The van der Waals surface area contributed by atoms with E-state index in [1.54, 1.807) is 0 Å². The minimum absolute atomic E-state index is 0.353. The van der Waals surface area contributed by atoms with E-state index in [1.165, 1.54) is 0 Å². The second-order valence-electron chi connectivity index (χ2n) is 6.51. The maximum atomic E-state index is 5.30. The Labute approximate surface area is 112 Å². The van der Waals surface area contributed by atoms with E-state index in [-0.39, 0.29) is 11.2 Å². The Hall–Kier alpha value is -0.160. The third-order valence-corrected chi connectivity index (χ3v) is 1.85. The van der Waals surface area contributed by atoms with Gasteiger partial charge in [0.25, 0.3) is 0 Å². The molecular formula is C14H30O4. The summed E-state index contributed by atoms with van der Waals surface area (Å²) in [5.74, 6) is 0. The third kappa shape index (κ3) is 12.3. The van der Waals surface area contributed by atoms with Crippen LogP contribution in [0.5, 0.6) is 0 Å². The average Bonchev–Trinajstić information content (AvgIpc) is 2.19. The summed E-state index contributed by atoms with van der Waals surface area (Å²) in [4.78, 5) is 21.2. The SMILES string of the molecule is CCCCCC(OOC(C)(C)C)OOC(C)(C)C. The van der Waals surface area contributed by atoms with Gasteiger partial charge in [-0.3, -0.25) is 0 Å². The molecule has 0 aromatic heterocycles. The topological polar surface area (TPSA) is 36.9 Å².